The average Bonchev–Trinajstić information content (AvgIpc) is 3.15. The van der Waals surface area contributed by atoms with Crippen LogP contribution in [0.4, 0.5) is 4.79 Å². The number of aryl methyl sites for hydroxylation is 1. The van der Waals surface area contributed by atoms with Crippen molar-refractivity contribution in [3.05, 3.63) is 65.3 Å². The van der Waals surface area contributed by atoms with Crippen molar-refractivity contribution in [2.45, 2.75) is 38.3 Å². The quantitative estimate of drug-likeness (QED) is 0.827. The van der Waals surface area contributed by atoms with Crippen LogP contribution >= 0.6 is 0 Å². The zero-order chi connectivity index (χ0) is 19.9. The molecule has 1 aromatic carbocycles. The van der Waals surface area contributed by atoms with Crippen LogP contribution in [-0.4, -0.2) is 39.9 Å². The number of urea groups is 1. The Morgan fingerprint density at radius 3 is 2.71 bits per heavy atom. The predicted molar refractivity (Wildman–Crippen MR) is 102 cm³/mol. The second kappa shape index (κ2) is 6.74. The highest BCUT2D eigenvalue weighted by Crippen LogP contribution is 2.41. The monoisotopic (exact) mass is 378 g/mol. The van der Waals surface area contributed by atoms with E-state index in [0.717, 1.165) is 22.4 Å². The summed E-state index contributed by atoms with van der Waals surface area (Å²) in [5.74, 6) is -0.749. The maximum atomic E-state index is 13.2. The van der Waals surface area contributed by atoms with E-state index in [9.17, 15) is 14.4 Å². The van der Waals surface area contributed by atoms with Gasteiger partial charge in [0.2, 0.25) is 0 Å². The first kappa shape index (κ1) is 18.2. The lowest BCUT2D eigenvalue weighted by Crippen LogP contribution is -2.43. The van der Waals surface area contributed by atoms with Gasteiger partial charge < -0.3 is 5.32 Å². The number of hydrogen-bond acceptors (Lipinski definition) is 4. The number of rotatable bonds is 3. The first-order valence-electron chi connectivity index (χ1n) is 9.39. The molecule has 7 nitrogen and oxygen atoms in total. The number of nitrogens with zero attached hydrogens (tertiary/aromatic N) is 3. The molecule has 4 rings (SSSR count). The topological polar surface area (TPSA) is 83.8 Å². The van der Waals surface area contributed by atoms with E-state index in [0.29, 0.717) is 11.9 Å². The lowest BCUT2D eigenvalue weighted by molar-refractivity contribution is -0.131. The Morgan fingerprint density at radius 1 is 1.18 bits per heavy atom. The predicted octanol–water partition coefficient (Wildman–Crippen LogP) is 1.83. The van der Waals surface area contributed by atoms with Gasteiger partial charge in [0.05, 0.1) is 0 Å². The van der Waals surface area contributed by atoms with E-state index in [2.05, 4.69) is 10.3 Å². The van der Waals surface area contributed by atoms with Gasteiger partial charge in [0.15, 0.2) is 0 Å². The van der Waals surface area contributed by atoms with Crippen molar-refractivity contribution >= 4 is 17.8 Å². The fourth-order valence-corrected chi connectivity index (χ4v) is 3.96. The molecule has 1 aromatic heterocycles. The van der Waals surface area contributed by atoms with Crippen molar-refractivity contribution in [1.29, 1.82) is 0 Å². The molecule has 1 aliphatic carbocycles. The number of benzene rings is 1. The van der Waals surface area contributed by atoms with Crippen molar-refractivity contribution in [1.82, 2.24) is 14.8 Å². The molecule has 3 amide bonds. The fourth-order valence-electron chi connectivity index (χ4n) is 3.96. The number of amides is 3. The number of fused-ring (bicyclic) bond motifs is 2. The van der Waals surface area contributed by atoms with Gasteiger partial charge in [0.1, 0.15) is 17.6 Å². The Kier molecular flexibility index (Phi) is 4.37. The number of nitrogens with one attached hydrogen (secondary N) is 1. The van der Waals surface area contributed by atoms with Crippen LogP contribution in [0.1, 0.15) is 36.2 Å². The molecule has 0 radical (unpaired) electrons. The van der Waals surface area contributed by atoms with Crippen LogP contribution in [0.2, 0.25) is 0 Å². The van der Waals surface area contributed by atoms with Crippen molar-refractivity contribution in [2.24, 2.45) is 4.99 Å². The summed E-state index contributed by atoms with van der Waals surface area (Å²) >= 11 is 0. The van der Waals surface area contributed by atoms with Crippen LogP contribution in [0, 0.1) is 0 Å². The van der Waals surface area contributed by atoms with Crippen LogP contribution in [0.5, 0.6) is 0 Å². The van der Waals surface area contributed by atoms with Gasteiger partial charge in [-0.05, 0) is 49.9 Å². The molecule has 0 saturated carbocycles. The van der Waals surface area contributed by atoms with Gasteiger partial charge >= 0.3 is 6.03 Å². The Balaban J connectivity index is 1.63. The molecule has 0 bridgehead atoms. The molecule has 1 N–H and O–H groups in total. The molecule has 1 fully saturated rings. The maximum Gasteiger partial charge on any atom is 0.325 e. The molecule has 28 heavy (non-hydrogen) atoms. The van der Waals surface area contributed by atoms with Crippen molar-refractivity contribution in [3.63, 3.8) is 0 Å². The lowest BCUT2D eigenvalue weighted by Gasteiger charge is -2.22. The molecular formula is C21H22N4O3. The first-order chi connectivity index (χ1) is 13.4. The minimum Gasteiger partial charge on any atom is -0.319 e. The molecule has 1 saturated heterocycles. The highest BCUT2D eigenvalue weighted by atomic mass is 16.2. The summed E-state index contributed by atoms with van der Waals surface area (Å²) in [5.41, 5.74) is 1.32. The molecule has 1 aliphatic heterocycles. The second-order valence-corrected chi connectivity index (χ2v) is 7.43. The molecule has 1 spiro atoms. The van der Waals surface area contributed by atoms with Gasteiger partial charge in [-0.25, -0.2) is 4.79 Å². The van der Waals surface area contributed by atoms with Crippen LogP contribution < -0.4 is 10.8 Å². The van der Waals surface area contributed by atoms with E-state index in [1.54, 1.807) is 24.4 Å². The summed E-state index contributed by atoms with van der Waals surface area (Å²) in [4.78, 5) is 44.1. The average molecular weight is 378 g/mol. The van der Waals surface area contributed by atoms with Gasteiger partial charge in [-0.3, -0.25) is 24.0 Å². The Morgan fingerprint density at radius 2 is 1.93 bits per heavy atom. The summed E-state index contributed by atoms with van der Waals surface area (Å²) in [6, 6.07) is 12.4. The third-order valence-corrected chi connectivity index (χ3v) is 5.21. The Bertz CT molecular complexity index is 1040. The van der Waals surface area contributed by atoms with E-state index >= 15 is 0 Å². The molecule has 1 unspecified atom stereocenters. The minimum absolute atomic E-state index is 0.0106. The highest BCUT2D eigenvalue weighted by molar-refractivity contribution is 6.10. The standard InChI is InChI=1S/C21H22N4O3/c1-14(2)22-17-9-5-6-12-24(17)18(26)13-25-19(27)21(23-20(25)28)11-10-15-7-3-4-8-16(15)21/h3-9,12,14H,10-11,13H2,1-2H3,(H,23,28). The third-order valence-electron chi connectivity index (χ3n) is 5.21. The zero-order valence-corrected chi connectivity index (χ0v) is 15.9. The van der Waals surface area contributed by atoms with Crippen molar-refractivity contribution < 1.29 is 14.4 Å². The van der Waals surface area contributed by atoms with Crippen LogP contribution in [0.15, 0.2) is 53.7 Å². The van der Waals surface area contributed by atoms with Crippen LogP contribution in [0.25, 0.3) is 0 Å². The Labute approximate surface area is 162 Å². The highest BCUT2D eigenvalue weighted by Gasteiger charge is 2.55. The number of carbonyl (C=O) groups excluding carboxylic acids is 3. The van der Waals surface area contributed by atoms with Crippen LogP contribution in [0.3, 0.4) is 0 Å². The van der Waals surface area contributed by atoms with Gasteiger partial charge in [0.25, 0.3) is 11.8 Å². The number of pyridine rings is 1. The lowest BCUT2D eigenvalue weighted by atomic mass is 9.92. The van der Waals surface area contributed by atoms with Crippen LogP contribution in [-0.2, 0) is 16.8 Å². The first-order valence-corrected chi connectivity index (χ1v) is 9.39. The maximum absolute atomic E-state index is 13.2. The van der Waals surface area contributed by atoms with E-state index in [1.165, 1.54) is 4.57 Å². The molecule has 1 atom stereocenters. The molecule has 2 aliphatic rings. The molecule has 144 valence electrons. The summed E-state index contributed by atoms with van der Waals surface area (Å²) in [6.45, 7) is 3.50. The molecule has 2 aromatic rings. The number of imide groups is 1. The number of aromatic nitrogens is 1. The summed E-state index contributed by atoms with van der Waals surface area (Å²) < 4.78 is 1.38. The largest absolute Gasteiger partial charge is 0.325 e. The van der Waals surface area contributed by atoms with Gasteiger partial charge in [-0.1, -0.05) is 30.3 Å². The summed E-state index contributed by atoms with van der Waals surface area (Å²) in [6.07, 6.45) is 2.82. The van der Waals surface area contributed by atoms with Gasteiger partial charge in [0, 0.05) is 12.2 Å². The van der Waals surface area contributed by atoms with E-state index < -0.39 is 11.6 Å². The second-order valence-electron chi connectivity index (χ2n) is 7.43. The minimum atomic E-state index is -1.06. The Hall–Kier alpha value is -3.22. The summed E-state index contributed by atoms with van der Waals surface area (Å²) in [7, 11) is 0. The normalized spacial score (nSPS) is 21.5. The molecule has 7 heteroatoms. The van der Waals surface area contributed by atoms with Gasteiger partial charge in [-0.2, -0.15) is 0 Å². The van der Waals surface area contributed by atoms with E-state index in [1.807, 2.05) is 38.1 Å². The molecular weight excluding hydrogens is 356 g/mol. The van der Waals surface area contributed by atoms with E-state index in [-0.39, 0.29) is 24.4 Å². The number of carbonyl (C=O) groups is 3. The third kappa shape index (κ3) is 2.83. The zero-order valence-electron chi connectivity index (χ0n) is 15.9. The number of hydrogen-bond donors (Lipinski definition) is 1. The molecule has 2 heterocycles. The van der Waals surface area contributed by atoms with Gasteiger partial charge in [-0.15, -0.1) is 0 Å². The fraction of sp³-hybridized carbons (Fsp3) is 0.333. The van der Waals surface area contributed by atoms with Crippen molar-refractivity contribution in [3.8, 4) is 0 Å². The van der Waals surface area contributed by atoms with E-state index in [4.69, 9.17) is 0 Å². The SMILES string of the molecule is CC(C)N=c1ccccn1C(=O)CN1C(=O)NC2(CCc3ccccc32)C1=O. The summed E-state index contributed by atoms with van der Waals surface area (Å²) in [5, 5.41) is 2.84. The van der Waals surface area contributed by atoms with Crippen molar-refractivity contribution in [2.75, 3.05) is 6.54 Å². The smallest absolute Gasteiger partial charge is 0.319 e.